The molecule has 0 saturated carbocycles. The van der Waals surface area contributed by atoms with Gasteiger partial charge in [0.1, 0.15) is 5.75 Å². The van der Waals surface area contributed by atoms with Gasteiger partial charge in [-0.2, -0.15) is 4.98 Å². The molecule has 3 aromatic rings. The number of benzene rings is 2. The standard InChI is InChI=1S/C19H20N4O2.ClH/c1-24-14-9-7-13(8-10-14)19-21-18(22-25-19)12-23-11-3-4-15-16(20)5-2-6-17(15)23;/h2,5-10H,3-4,11-12,20H2,1H3;1H. The summed E-state index contributed by atoms with van der Waals surface area (Å²) in [5.41, 5.74) is 10.2. The second-order valence-electron chi connectivity index (χ2n) is 6.11. The monoisotopic (exact) mass is 372 g/mol. The molecule has 0 amide bonds. The maximum absolute atomic E-state index is 6.11. The summed E-state index contributed by atoms with van der Waals surface area (Å²) < 4.78 is 10.6. The lowest BCUT2D eigenvalue weighted by Crippen LogP contribution is -2.29. The van der Waals surface area contributed by atoms with Crippen molar-refractivity contribution in [3.63, 3.8) is 0 Å². The molecule has 0 aliphatic carbocycles. The van der Waals surface area contributed by atoms with Crippen molar-refractivity contribution in [2.75, 3.05) is 24.3 Å². The minimum absolute atomic E-state index is 0. The van der Waals surface area contributed by atoms with Crippen LogP contribution in [-0.2, 0) is 13.0 Å². The largest absolute Gasteiger partial charge is 0.497 e. The third-order valence-electron chi connectivity index (χ3n) is 4.52. The molecule has 1 aromatic heterocycles. The normalized spacial score (nSPS) is 13.0. The average molecular weight is 373 g/mol. The van der Waals surface area contributed by atoms with E-state index in [-0.39, 0.29) is 12.4 Å². The Bertz CT molecular complexity index is 880. The highest BCUT2D eigenvalue weighted by atomic mass is 35.5. The van der Waals surface area contributed by atoms with Crippen LogP contribution in [0.3, 0.4) is 0 Å². The predicted octanol–water partition coefficient (Wildman–Crippen LogP) is 3.70. The Hall–Kier alpha value is -2.73. The van der Waals surface area contributed by atoms with Crippen LogP contribution in [0.1, 0.15) is 17.8 Å². The van der Waals surface area contributed by atoms with Gasteiger partial charge in [-0.25, -0.2) is 0 Å². The first kappa shape index (κ1) is 18.1. The molecule has 0 unspecified atom stereocenters. The molecule has 0 saturated heterocycles. The highest BCUT2D eigenvalue weighted by Gasteiger charge is 2.20. The van der Waals surface area contributed by atoms with Crippen molar-refractivity contribution in [3.8, 4) is 17.2 Å². The van der Waals surface area contributed by atoms with Crippen molar-refractivity contribution in [3.05, 3.63) is 53.9 Å². The molecule has 0 atom stereocenters. The number of aromatic nitrogens is 2. The minimum Gasteiger partial charge on any atom is -0.497 e. The summed E-state index contributed by atoms with van der Waals surface area (Å²) in [5, 5.41) is 4.13. The van der Waals surface area contributed by atoms with Crippen LogP contribution < -0.4 is 15.4 Å². The first-order chi connectivity index (χ1) is 12.2. The fourth-order valence-electron chi connectivity index (χ4n) is 3.23. The van der Waals surface area contributed by atoms with Gasteiger partial charge in [0.2, 0.25) is 0 Å². The predicted molar refractivity (Wildman–Crippen MR) is 104 cm³/mol. The molecule has 0 fully saturated rings. The lowest BCUT2D eigenvalue weighted by atomic mass is 10.00. The summed E-state index contributed by atoms with van der Waals surface area (Å²) in [7, 11) is 1.64. The third-order valence-corrected chi connectivity index (χ3v) is 4.52. The summed E-state index contributed by atoms with van der Waals surface area (Å²) in [5.74, 6) is 1.98. The molecule has 0 radical (unpaired) electrons. The van der Waals surface area contributed by atoms with Crippen molar-refractivity contribution in [1.82, 2.24) is 10.1 Å². The fourth-order valence-corrected chi connectivity index (χ4v) is 3.23. The highest BCUT2D eigenvalue weighted by Crippen LogP contribution is 2.32. The zero-order valence-electron chi connectivity index (χ0n) is 14.5. The summed E-state index contributed by atoms with van der Waals surface area (Å²) in [6, 6.07) is 13.6. The van der Waals surface area contributed by atoms with Gasteiger partial charge in [0.25, 0.3) is 5.89 Å². The van der Waals surface area contributed by atoms with Crippen molar-refractivity contribution in [1.29, 1.82) is 0 Å². The molecule has 0 bridgehead atoms. The first-order valence-electron chi connectivity index (χ1n) is 8.34. The summed E-state index contributed by atoms with van der Waals surface area (Å²) in [6.45, 7) is 1.57. The maximum atomic E-state index is 6.11. The van der Waals surface area contributed by atoms with E-state index in [1.54, 1.807) is 7.11 Å². The molecular formula is C19H21ClN4O2. The van der Waals surface area contributed by atoms with E-state index in [1.807, 2.05) is 36.4 Å². The van der Waals surface area contributed by atoms with E-state index in [4.69, 9.17) is 15.0 Å². The SMILES string of the molecule is COc1ccc(-c2nc(CN3CCCc4c(N)cccc43)no2)cc1.Cl. The van der Waals surface area contributed by atoms with Crippen molar-refractivity contribution in [2.45, 2.75) is 19.4 Å². The number of nitrogens with two attached hydrogens (primary N) is 1. The van der Waals surface area contributed by atoms with Gasteiger partial charge in [0.05, 0.1) is 13.7 Å². The summed E-state index contributed by atoms with van der Waals surface area (Å²) in [4.78, 5) is 6.80. The van der Waals surface area contributed by atoms with Crippen LogP contribution in [0.15, 0.2) is 47.0 Å². The van der Waals surface area contributed by atoms with E-state index in [9.17, 15) is 0 Å². The van der Waals surface area contributed by atoms with E-state index < -0.39 is 0 Å². The smallest absolute Gasteiger partial charge is 0.257 e. The Labute approximate surface area is 158 Å². The van der Waals surface area contributed by atoms with Crippen molar-refractivity contribution < 1.29 is 9.26 Å². The van der Waals surface area contributed by atoms with Crippen LogP contribution in [0.4, 0.5) is 11.4 Å². The number of fused-ring (bicyclic) bond motifs is 1. The molecule has 2 aromatic carbocycles. The van der Waals surface area contributed by atoms with Crippen molar-refractivity contribution in [2.24, 2.45) is 0 Å². The molecule has 2 heterocycles. The van der Waals surface area contributed by atoms with E-state index >= 15 is 0 Å². The van der Waals surface area contributed by atoms with Gasteiger partial charge in [-0.3, -0.25) is 0 Å². The lowest BCUT2D eigenvalue weighted by Gasteiger charge is -2.30. The third kappa shape index (κ3) is 3.46. The quantitative estimate of drug-likeness (QED) is 0.703. The number of nitrogens with zero attached hydrogens (tertiary/aromatic N) is 3. The maximum Gasteiger partial charge on any atom is 0.257 e. The molecular weight excluding hydrogens is 352 g/mol. The minimum atomic E-state index is 0. The Morgan fingerprint density at radius 1 is 1.19 bits per heavy atom. The topological polar surface area (TPSA) is 77.4 Å². The number of hydrogen-bond acceptors (Lipinski definition) is 6. The molecule has 136 valence electrons. The molecule has 1 aliphatic rings. The zero-order valence-corrected chi connectivity index (χ0v) is 15.3. The van der Waals surface area contributed by atoms with Gasteiger partial charge in [0, 0.05) is 23.5 Å². The molecule has 2 N–H and O–H groups in total. The Balaban J connectivity index is 0.00000196. The van der Waals surface area contributed by atoms with Crippen LogP contribution in [0, 0.1) is 0 Å². The van der Waals surface area contributed by atoms with Gasteiger partial charge >= 0.3 is 0 Å². The van der Waals surface area contributed by atoms with Gasteiger partial charge in [0.15, 0.2) is 5.82 Å². The van der Waals surface area contributed by atoms with Gasteiger partial charge < -0.3 is 19.9 Å². The zero-order chi connectivity index (χ0) is 17.2. The van der Waals surface area contributed by atoms with E-state index in [1.165, 1.54) is 11.3 Å². The van der Waals surface area contributed by atoms with Crippen LogP contribution >= 0.6 is 12.4 Å². The number of nitrogen functional groups attached to an aromatic ring is 1. The number of methoxy groups -OCH3 is 1. The van der Waals surface area contributed by atoms with Crippen molar-refractivity contribution >= 4 is 23.8 Å². The van der Waals surface area contributed by atoms with Crippen LogP contribution in [0.25, 0.3) is 11.5 Å². The van der Waals surface area contributed by atoms with E-state index in [2.05, 4.69) is 21.1 Å². The van der Waals surface area contributed by atoms with Crippen LogP contribution in [-0.4, -0.2) is 23.8 Å². The van der Waals surface area contributed by atoms with Crippen LogP contribution in [0.2, 0.25) is 0 Å². The second-order valence-corrected chi connectivity index (χ2v) is 6.11. The van der Waals surface area contributed by atoms with Gasteiger partial charge in [-0.1, -0.05) is 11.2 Å². The molecule has 7 heteroatoms. The number of ether oxygens (including phenoxy) is 1. The molecule has 4 rings (SSSR count). The number of hydrogen-bond donors (Lipinski definition) is 1. The number of anilines is 2. The number of rotatable bonds is 4. The Morgan fingerprint density at radius 2 is 2.00 bits per heavy atom. The highest BCUT2D eigenvalue weighted by molar-refractivity contribution is 5.85. The molecule has 1 aliphatic heterocycles. The van der Waals surface area contributed by atoms with E-state index in [0.717, 1.165) is 36.4 Å². The molecule has 26 heavy (non-hydrogen) atoms. The Kier molecular flexibility index (Phi) is 5.32. The number of halogens is 1. The fraction of sp³-hybridized carbons (Fsp3) is 0.263. The lowest BCUT2D eigenvalue weighted by molar-refractivity contribution is 0.413. The molecule has 6 nitrogen and oxygen atoms in total. The van der Waals surface area contributed by atoms with Gasteiger partial charge in [-0.15, -0.1) is 12.4 Å². The Morgan fingerprint density at radius 3 is 2.77 bits per heavy atom. The summed E-state index contributed by atoms with van der Waals surface area (Å²) >= 11 is 0. The molecule has 0 spiro atoms. The second kappa shape index (κ2) is 7.66. The first-order valence-corrected chi connectivity index (χ1v) is 8.34. The van der Waals surface area contributed by atoms with Gasteiger partial charge in [-0.05, 0) is 54.8 Å². The summed E-state index contributed by atoms with van der Waals surface area (Å²) in [6.07, 6.45) is 2.09. The average Bonchev–Trinajstić information content (AvgIpc) is 3.11. The van der Waals surface area contributed by atoms with Crippen LogP contribution in [0.5, 0.6) is 5.75 Å². The van der Waals surface area contributed by atoms with E-state index in [0.29, 0.717) is 18.3 Å².